The molecule has 1 aliphatic heterocycles. The normalized spacial score (nSPS) is 19.1. The van der Waals surface area contributed by atoms with Crippen LogP contribution in [-0.4, -0.2) is 73.1 Å². The van der Waals surface area contributed by atoms with Gasteiger partial charge in [0.1, 0.15) is 5.40 Å². The van der Waals surface area contributed by atoms with E-state index in [1.54, 1.807) is 0 Å². The Balaban J connectivity index is 2.26. The fourth-order valence-corrected chi connectivity index (χ4v) is 4.56. The van der Waals surface area contributed by atoms with Crippen molar-refractivity contribution in [2.24, 2.45) is 0 Å². The highest BCUT2D eigenvalue weighted by Gasteiger charge is 2.25. The van der Waals surface area contributed by atoms with Crippen LogP contribution in [0.1, 0.15) is 26.3 Å². The van der Waals surface area contributed by atoms with Crippen molar-refractivity contribution in [3.63, 3.8) is 0 Å². The first kappa shape index (κ1) is 25.4. The maximum absolute atomic E-state index is 8.91. The Morgan fingerprint density at radius 3 is 2.03 bits per heavy atom. The first-order valence-electron chi connectivity index (χ1n) is 11.0. The molecule has 0 spiro atoms. The molecule has 1 atom stereocenters. The van der Waals surface area contributed by atoms with Crippen LogP contribution in [0.15, 0.2) is 65.6 Å². The number of nitriles is 1. The molecular formula is C26H38N4S. The van der Waals surface area contributed by atoms with E-state index < -0.39 is 0 Å². The van der Waals surface area contributed by atoms with E-state index in [0.29, 0.717) is 6.04 Å². The molecule has 1 aliphatic rings. The Kier molecular flexibility index (Phi) is 10.6. The summed E-state index contributed by atoms with van der Waals surface area (Å²) in [6.45, 7) is 26.8. The Bertz CT molecular complexity index is 793. The summed E-state index contributed by atoms with van der Waals surface area (Å²) >= 11 is 1.21. The predicted molar refractivity (Wildman–Crippen MR) is 134 cm³/mol. The summed E-state index contributed by atoms with van der Waals surface area (Å²) in [5.41, 5.74) is 4.92. The lowest BCUT2D eigenvalue weighted by molar-refractivity contribution is 0.162. The smallest absolute Gasteiger partial charge is 0.138 e. The molecule has 31 heavy (non-hydrogen) atoms. The molecule has 0 N–H and O–H groups in total. The first-order chi connectivity index (χ1) is 14.8. The summed E-state index contributed by atoms with van der Waals surface area (Å²) in [5, 5.41) is 11.1. The third-order valence-electron chi connectivity index (χ3n) is 5.44. The molecule has 0 aromatic heterocycles. The maximum Gasteiger partial charge on any atom is 0.138 e. The molecule has 1 aromatic rings. The number of nitrogens with zero attached hydrogens (tertiary/aromatic N) is 4. The van der Waals surface area contributed by atoms with Gasteiger partial charge in [0, 0.05) is 63.3 Å². The van der Waals surface area contributed by atoms with Gasteiger partial charge < -0.3 is 0 Å². The van der Waals surface area contributed by atoms with Crippen LogP contribution in [0.25, 0.3) is 0 Å². The second kappa shape index (κ2) is 12.9. The van der Waals surface area contributed by atoms with Gasteiger partial charge in [-0.05, 0) is 56.7 Å². The predicted octanol–water partition coefficient (Wildman–Crippen LogP) is 4.82. The molecule has 0 radical (unpaired) electrons. The van der Waals surface area contributed by atoms with Gasteiger partial charge in [-0.3, -0.25) is 14.7 Å². The van der Waals surface area contributed by atoms with Crippen molar-refractivity contribution in [1.29, 1.82) is 5.26 Å². The van der Waals surface area contributed by atoms with Crippen LogP contribution in [0.4, 0.5) is 0 Å². The Morgan fingerprint density at radius 1 is 0.903 bits per heavy atom. The number of thioether (sulfide) groups is 1. The van der Waals surface area contributed by atoms with Gasteiger partial charge >= 0.3 is 0 Å². The lowest BCUT2D eigenvalue weighted by Gasteiger charge is -2.35. The van der Waals surface area contributed by atoms with Crippen molar-refractivity contribution < 1.29 is 0 Å². The molecule has 1 heterocycles. The Labute approximate surface area is 193 Å². The average Bonchev–Trinajstić information content (AvgIpc) is 2.74. The van der Waals surface area contributed by atoms with Crippen LogP contribution in [0, 0.1) is 10.7 Å². The quantitative estimate of drug-likeness (QED) is 0.314. The largest absolute Gasteiger partial charge is 0.297 e. The van der Waals surface area contributed by atoms with Crippen LogP contribution >= 0.6 is 11.8 Å². The maximum atomic E-state index is 8.91. The van der Waals surface area contributed by atoms with E-state index in [2.05, 4.69) is 84.9 Å². The van der Waals surface area contributed by atoms with Crippen molar-refractivity contribution >= 4 is 11.8 Å². The van der Waals surface area contributed by atoms with E-state index in [-0.39, 0.29) is 0 Å². The Morgan fingerprint density at radius 2 is 1.45 bits per heavy atom. The molecule has 1 fully saturated rings. The second-order valence-electron chi connectivity index (χ2n) is 9.05. The van der Waals surface area contributed by atoms with Gasteiger partial charge in [0.05, 0.1) is 0 Å². The van der Waals surface area contributed by atoms with E-state index in [1.165, 1.54) is 34.0 Å². The minimum absolute atomic E-state index is 0.398. The zero-order chi connectivity index (χ0) is 22.8. The highest BCUT2D eigenvalue weighted by molar-refractivity contribution is 8.03. The summed E-state index contributed by atoms with van der Waals surface area (Å²) in [6, 6.07) is 8.85. The number of thiocyanates is 1. The van der Waals surface area contributed by atoms with Crippen molar-refractivity contribution in [3.05, 3.63) is 66.3 Å². The van der Waals surface area contributed by atoms with Crippen LogP contribution in [-0.2, 0) is 6.42 Å². The summed E-state index contributed by atoms with van der Waals surface area (Å²) in [4.78, 5) is 8.67. The topological polar surface area (TPSA) is 33.5 Å². The molecule has 2 rings (SSSR count). The summed E-state index contributed by atoms with van der Waals surface area (Å²) in [7, 11) is 0. The van der Waals surface area contributed by atoms with Crippen molar-refractivity contribution in [1.82, 2.24) is 14.7 Å². The fourth-order valence-electron chi connectivity index (χ4n) is 4.18. The SMILES string of the molecule is C=C(C)CN1CCN(CC(=C)C)CC(Cc2ccc(SC#N)cc2)N(CC(=C)C)CC1. The molecule has 1 unspecified atom stereocenters. The zero-order valence-electron chi connectivity index (χ0n) is 19.6. The molecule has 0 aliphatic carbocycles. The van der Waals surface area contributed by atoms with E-state index >= 15 is 0 Å². The van der Waals surface area contributed by atoms with Crippen LogP contribution in [0.5, 0.6) is 0 Å². The first-order valence-corrected chi connectivity index (χ1v) is 11.8. The lowest BCUT2D eigenvalue weighted by atomic mass is 10.0. The highest BCUT2D eigenvalue weighted by atomic mass is 32.2. The van der Waals surface area contributed by atoms with Crippen molar-refractivity contribution in [2.45, 2.75) is 38.1 Å². The minimum Gasteiger partial charge on any atom is -0.297 e. The Hall–Kier alpha value is -1.84. The van der Waals surface area contributed by atoms with Crippen LogP contribution in [0.3, 0.4) is 0 Å². The van der Waals surface area contributed by atoms with E-state index in [9.17, 15) is 0 Å². The summed E-state index contributed by atoms with van der Waals surface area (Å²) in [5.74, 6) is 0. The van der Waals surface area contributed by atoms with E-state index in [0.717, 1.165) is 63.7 Å². The molecule has 0 bridgehead atoms. The third-order valence-corrected chi connectivity index (χ3v) is 6.04. The minimum atomic E-state index is 0.398. The standard InChI is InChI=1S/C26H38N4S/c1-21(2)16-28-11-12-29(17-22(3)4)19-25(30(14-13-28)18-23(5)6)15-24-7-9-26(10-8-24)31-20-27/h7-10,25H,1,3,5,11-19H2,2,4,6H3. The highest BCUT2D eigenvalue weighted by Crippen LogP contribution is 2.20. The van der Waals surface area contributed by atoms with Gasteiger partial charge in [-0.15, -0.1) is 0 Å². The van der Waals surface area contributed by atoms with Gasteiger partial charge in [-0.1, -0.05) is 48.6 Å². The number of hydrogen-bond donors (Lipinski definition) is 0. The number of benzene rings is 1. The third kappa shape index (κ3) is 9.45. The van der Waals surface area contributed by atoms with Gasteiger partial charge in [0.15, 0.2) is 0 Å². The molecule has 4 nitrogen and oxygen atoms in total. The monoisotopic (exact) mass is 438 g/mol. The molecule has 1 aromatic carbocycles. The summed E-state index contributed by atoms with van der Waals surface area (Å²) < 4.78 is 0. The van der Waals surface area contributed by atoms with Crippen molar-refractivity contribution in [2.75, 3.05) is 52.4 Å². The molecule has 168 valence electrons. The average molecular weight is 439 g/mol. The molecule has 0 amide bonds. The lowest BCUT2D eigenvalue weighted by Crippen LogP contribution is -2.47. The molecular weight excluding hydrogens is 400 g/mol. The zero-order valence-corrected chi connectivity index (χ0v) is 20.4. The van der Waals surface area contributed by atoms with Gasteiger partial charge in [0.25, 0.3) is 0 Å². The van der Waals surface area contributed by atoms with Crippen LogP contribution < -0.4 is 0 Å². The van der Waals surface area contributed by atoms with Gasteiger partial charge in [-0.25, -0.2) is 0 Å². The van der Waals surface area contributed by atoms with Crippen molar-refractivity contribution in [3.8, 4) is 5.40 Å². The fraction of sp³-hybridized carbons (Fsp3) is 0.500. The molecule has 0 saturated carbocycles. The number of hydrogen-bond acceptors (Lipinski definition) is 5. The van der Waals surface area contributed by atoms with Crippen LogP contribution in [0.2, 0.25) is 0 Å². The van der Waals surface area contributed by atoms with Gasteiger partial charge in [-0.2, -0.15) is 5.26 Å². The van der Waals surface area contributed by atoms with Gasteiger partial charge in [0.2, 0.25) is 0 Å². The number of rotatable bonds is 9. The molecule has 1 saturated heterocycles. The second-order valence-corrected chi connectivity index (χ2v) is 9.91. The molecule has 5 heteroatoms. The van der Waals surface area contributed by atoms with E-state index in [1.807, 2.05) is 0 Å². The summed E-state index contributed by atoms with van der Waals surface area (Å²) in [6.07, 6.45) is 0.984. The van der Waals surface area contributed by atoms with E-state index in [4.69, 9.17) is 5.26 Å².